The van der Waals surface area contributed by atoms with E-state index < -0.39 is 6.10 Å². The van der Waals surface area contributed by atoms with Crippen molar-refractivity contribution in [3.8, 4) is 0 Å². The predicted octanol–water partition coefficient (Wildman–Crippen LogP) is 0.165. The number of nitrogens with zero attached hydrogens (tertiary/aromatic N) is 2. The molecule has 2 aromatic rings. The van der Waals surface area contributed by atoms with E-state index in [2.05, 4.69) is 10.3 Å². The zero-order chi connectivity index (χ0) is 12.3. The second kappa shape index (κ2) is 5.07. The third kappa shape index (κ3) is 2.89. The molecule has 0 fully saturated rings. The van der Waals surface area contributed by atoms with Gasteiger partial charge in [0.2, 0.25) is 0 Å². The number of aliphatic hydroxyl groups excluding tert-OH is 1. The van der Waals surface area contributed by atoms with Gasteiger partial charge in [0, 0.05) is 25.4 Å². The van der Waals surface area contributed by atoms with Crippen LogP contribution in [0.1, 0.15) is 12.6 Å². The second-order valence-electron chi connectivity index (χ2n) is 3.99. The molecule has 5 heteroatoms. The molecule has 0 saturated carbocycles. The van der Waals surface area contributed by atoms with Gasteiger partial charge in [-0.25, -0.2) is 4.98 Å². The molecule has 5 nitrogen and oxygen atoms in total. The van der Waals surface area contributed by atoms with Crippen LogP contribution in [0.3, 0.4) is 0 Å². The number of aliphatic hydroxyl groups is 1. The lowest BCUT2D eigenvalue weighted by atomic mass is 10.3. The van der Waals surface area contributed by atoms with Gasteiger partial charge in [-0.2, -0.15) is 0 Å². The highest BCUT2D eigenvalue weighted by atomic mass is 16.3. The molecular formula is C12H15N3O2. The molecule has 2 rings (SSSR count). The average Bonchev–Trinajstić information content (AvgIpc) is 2.28. The van der Waals surface area contributed by atoms with Crippen LogP contribution < -0.4 is 10.9 Å². The minimum Gasteiger partial charge on any atom is -0.392 e. The highest BCUT2D eigenvalue weighted by Gasteiger charge is 2.02. The van der Waals surface area contributed by atoms with Crippen molar-refractivity contribution >= 4 is 5.65 Å². The van der Waals surface area contributed by atoms with Gasteiger partial charge in [0.05, 0.1) is 11.8 Å². The Balaban J connectivity index is 2.22. The van der Waals surface area contributed by atoms with Gasteiger partial charge in [-0.1, -0.05) is 6.07 Å². The average molecular weight is 233 g/mol. The van der Waals surface area contributed by atoms with Crippen LogP contribution in [0.2, 0.25) is 0 Å². The van der Waals surface area contributed by atoms with Crippen molar-refractivity contribution in [3.63, 3.8) is 0 Å². The zero-order valence-electron chi connectivity index (χ0n) is 9.63. The summed E-state index contributed by atoms with van der Waals surface area (Å²) in [5.41, 5.74) is 1.22. The Kier molecular flexibility index (Phi) is 3.51. The van der Waals surface area contributed by atoms with E-state index in [1.807, 2.05) is 6.07 Å². The summed E-state index contributed by atoms with van der Waals surface area (Å²) >= 11 is 0. The Morgan fingerprint density at radius 2 is 2.35 bits per heavy atom. The molecule has 17 heavy (non-hydrogen) atoms. The Morgan fingerprint density at radius 1 is 1.53 bits per heavy atom. The first-order chi connectivity index (χ1) is 8.16. The van der Waals surface area contributed by atoms with Crippen LogP contribution in [0.15, 0.2) is 35.3 Å². The summed E-state index contributed by atoms with van der Waals surface area (Å²) in [6, 6.07) is 6.93. The summed E-state index contributed by atoms with van der Waals surface area (Å²) in [5, 5.41) is 12.1. The van der Waals surface area contributed by atoms with Gasteiger partial charge in [-0.05, 0) is 19.1 Å². The maximum Gasteiger partial charge on any atom is 0.258 e. The van der Waals surface area contributed by atoms with Gasteiger partial charge in [0.25, 0.3) is 5.56 Å². The van der Waals surface area contributed by atoms with Gasteiger partial charge in [-0.3, -0.25) is 9.20 Å². The molecule has 0 bridgehead atoms. The van der Waals surface area contributed by atoms with Crippen molar-refractivity contribution in [3.05, 3.63) is 46.5 Å². The first kappa shape index (κ1) is 11.8. The van der Waals surface area contributed by atoms with E-state index in [-0.39, 0.29) is 5.56 Å². The number of hydrogen-bond donors (Lipinski definition) is 2. The fourth-order valence-corrected chi connectivity index (χ4v) is 1.60. The van der Waals surface area contributed by atoms with Crippen LogP contribution in [0, 0.1) is 0 Å². The molecule has 0 radical (unpaired) electrons. The Hall–Kier alpha value is -1.72. The van der Waals surface area contributed by atoms with Crippen LogP contribution >= 0.6 is 0 Å². The van der Waals surface area contributed by atoms with Crippen molar-refractivity contribution < 1.29 is 5.11 Å². The first-order valence-electron chi connectivity index (χ1n) is 5.53. The van der Waals surface area contributed by atoms with E-state index in [9.17, 15) is 4.79 Å². The number of aromatic nitrogens is 2. The van der Waals surface area contributed by atoms with E-state index in [1.54, 1.807) is 25.3 Å². The quantitative estimate of drug-likeness (QED) is 0.789. The monoisotopic (exact) mass is 233 g/mol. The summed E-state index contributed by atoms with van der Waals surface area (Å²) in [4.78, 5) is 16.1. The van der Waals surface area contributed by atoms with Crippen LogP contribution in [-0.4, -0.2) is 27.1 Å². The zero-order valence-corrected chi connectivity index (χ0v) is 9.63. The Morgan fingerprint density at radius 3 is 3.12 bits per heavy atom. The highest BCUT2D eigenvalue weighted by Crippen LogP contribution is 1.98. The molecule has 2 heterocycles. The minimum atomic E-state index is -0.406. The van der Waals surface area contributed by atoms with E-state index in [0.717, 1.165) is 0 Å². The number of rotatable bonds is 4. The summed E-state index contributed by atoms with van der Waals surface area (Å²) < 4.78 is 1.50. The van der Waals surface area contributed by atoms with E-state index >= 15 is 0 Å². The molecule has 0 aromatic carbocycles. The molecule has 2 N–H and O–H groups in total. The van der Waals surface area contributed by atoms with Crippen LogP contribution in [-0.2, 0) is 6.54 Å². The number of pyridine rings is 1. The fourth-order valence-electron chi connectivity index (χ4n) is 1.60. The van der Waals surface area contributed by atoms with Crippen LogP contribution in [0.5, 0.6) is 0 Å². The van der Waals surface area contributed by atoms with Crippen molar-refractivity contribution in [2.24, 2.45) is 0 Å². The predicted molar refractivity (Wildman–Crippen MR) is 64.8 cm³/mol. The molecule has 0 aliphatic heterocycles. The van der Waals surface area contributed by atoms with Gasteiger partial charge in [0.1, 0.15) is 5.65 Å². The topological polar surface area (TPSA) is 66.6 Å². The summed E-state index contributed by atoms with van der Waals surface area (Å²) in [6.07, 6.45) is 1.29. The van der Waals surface area contributed by atoms with Gasteiger partial charge >= 0.3 is 0 Å². The maximum atomic E-state index is 11.7. The first-order valence-corrected chi connectivity index (χ1v) is 5.53. The molecular weight excluding hydrogens is 218 g/mol. The second-order valence-corrected chi connectivity index (χ2v) is 3.99. The lowest BCUT2D eigenvalue weighted by molar-refractivity contribution is 0.191. The molecule has 0 spiro atoms. The standard InChI is InChI=1S/C12H15N3O2/c1-9(16)7-13-8-10-6-12(17)15-5-3-2-4-11(15)14-10/h2-6,9,13,16H,7-8H2,1H3/t9-/m0/s1. The minimum absolute atomic E-state index is 0.0931. The van der Waals surface area contributed by atoms with E-state index in [1.165, 1.54) is 10.5 Å². The van der Waals surface area contributed by atoms with Crippen LogP contribution in [0.4, 0.5) is 0 Å². The highest BCUT2D eigenvalue weighted by molar-refractivity contribution is 5.37. The van der Waals surface area contributed by atoms with Crippen molar-refractivity contribution in [1.29, 1.82) is 0 Å². The number of fused-ring (bicyclic) bond motifs is 1. The van der Waals surface area contributed by atoms with Gasteiger partial charge in [-0.15, -0.1) is 0 Å². The van der Waals surface area contributed by atoms with E-state index in [0.29, 0.717) is 24.4 Å². The lowest BCUT2D eigenvalue weighted by Gasteiger charge is -2.07. The third-order valence-electron chi connectivity index (χ3n) is 2.37. The molecule has 2 aromatic heterocycles. The lowest BCUT2D eigenvalue weighted by Crippen LogP contribution is -2.25. The maximum absolute atomic E-state index is 11.7. The van der Waals surface area contributed by atoms with Gasteiger partial charge < -0.3 is 10.4 Å². The normalized spacial score (nSPS) is 12.8. The smallest absolute Gasteiger partial charge is 0.258 e. The number of hydrogen-bond acceptors (Lipinski definition) is 4. The van der Waals surface area contributed by atoms with Crippen molar-refractivity contribution in [2.45, 2.75) is 19.6 Å². The van der Waals surface area contributed by atoms with Crippen molar-refractivity contribution in [2.75, 3.05) is 6.54 Å². The fraction of sp³-hybridized carbons (Fsp3) is 0.333. The summed E-state index contributed by atoms with van der Waals surface area (Å²) in [6.45, 7) is 2.66. The molecule has 0 aliphatic rings. The summed E-state index contributed by atoms with van der Waals surface area (Å²) in [7, 11) is 0. The molecule has 0 aliphatic carbocycles. The van der Waals surface area contributed by atoms with E-state index in [4.69, 9.17) is 5.11 Å². The molecule has 0 saturated heterocycles. The molecule has 0 amide bonds. The Bertz CT molecular complexity index is 563. The number of nitrogens with one attached hydrogen (secondary N) is 1. The van der Waals surface area contributed by atoms with Crippen molar-refractivity contribution in [1.82, 2.24) is 14.7 Å². The third-order valence-corrected chi connectivity index (χ3v) is 2.37. The Labute approximate surface area is 98.7 Å². The van der Waals surface area contributed by atoms with Gasteiger partial charge in [0.15, 0.2) is 0 Å². The largest absolute Gasteiger partial charge is 0.392 e. The molecule has 0 unspecified atom stereocenters. The molecule has 1 atom stereocenters. The summed E-state index contributed by atoms with van der Waals surface area (Å²) in [5.74, 6) is 0. The molecule has 90 valence electrons. The van der Waals surface area contributed by atoms with Crippen LogP contribution in [0.25, 0.3) is 5.65 Å². The SMILES string of the molecule is C[C@H](O)CNCc1cc(=O)n2ccccc2n1.